The van der Waals surface area contributed by atoms with Crippen molar-refractivity contribution in [1.82, 2.24) is 4.98 Å². The molecular formula is C13H7Cl2F2IN2O2. The fraction of sp³-hybridized carbons (Fsp3) is 0.0769. The Kier molecular flexibility index (Phi) is 5.41. The number of benzene rings is 1. The first-order chi connectivity index (χ1) is 10.2. The predicted octanol–water partition coefficient (Wildman–Crippen LogP) is 4.76. The van der Waals surface area contributed by atoms with E-state index in [1.165, 1.54) is 30.5 Å². The third kappa shape index (κ3) is 4.92. The van der Waals surface area contributed by atoms with Gasteiger partial charge < -0.3 is 10.1 Å². The fourth-order valence-electron chi connectivity index (χ4n) is 1.49. The molecule has 2 aromatic rings. The summed E-state index contributed by atoms with van der Waals surface area (Å²) in [5.41, 5.74) is -3.06. The topological polar surface area (TPSA) is 51.2 Å². The van der Waals surface area contributed by atoms with Gasteiger partial charge in [0.2, 0.25) is 0 Å². The minimum absolute atomic E-state index is 0.124. The summed E-state index contributed by atoms with van der Waals surface area (Å²) in [5, 5.41) is 2.90. The number of carbonyl (C=O) groups excluding carboxylic acids is 1. The monoisotopic (exact) mass is 458 g/mol. The average molecular weight is 459 g/mol. The molecule has 1 amide bonds. The Labute approximate surface area is 147 Å². The predicted molar refractivity (Wildman–Crippen MR) is 87.8 cm³/mol. The number of pyridine rings is 1. The lowest BCUT2D eigenvalue weighted by Gasteiger charge is -2.11. The van der Waals surface area contributed by atoms with E-state index in [4.69, 9.17) is 11.6 Å². The van der Waals surface area contributed by atoms with Crippen LogP contribution in [0.4, 0.5) is 14.5 Å². The van der Waals surface area contributed by atoms with Gasteiger partial charge in [-0.15, -0.1) is 8.78 Å². The first-order valence-corrected chi connectivity index (χ1v) is 7.56. The van der Waals surface area contributed by atoms with Crippen molar-refractivity contribution < 1.29 is 18.3 Å². The van der Waals surface area contributed by atoms with Crippen molar-refractivity contribution in [1.29, 1.82) is 0 Å². The molecule has 0 saturated heterocycles. The lowest BCUT2D eigenvalue weighted by molar-refractivity contribution is -0.0964. The summed E-state index contributed by atoms with van der Waals surface area (Å²) in [5.74, 6) is -0.529. The number of amides is 1. The summed E-state index contributed by atoms with van der Waals surface area (Å²) in [4.78, 5) is 15.9. The van der Waals surface area contributed by atoms with Gasteiger partial charge in [0.1, 0.15) is 10.9 Å². The van der Waals surface area contributed by atoms with E-state index in [2.05, 4.69) is 26.6 Å². The Morgan fingerprint density at radius 2 is 1.95 bits per heavy atom. The molecule has 9 heteroatoms. The number of carbonyl (C=O) groups is 1. The molecule has 4 nitrogen and oxygen atoms in total. The van der Waals surface area contributed by atoms with Gasteiger partial charge in [-0.1, -0.05) is 11.6 Å². The molecule has 116 valence electrons. The zero-order valence-electron chi connectivity index (χ0n) is 10.6. The Morgan fingerprint density at radius 3 is 2.50 bits per heavy atom. The van der Waals surface area contributed by atoms with Crippen LogP contribution in [-0.2, 0) is 0 Å². The largest absolute Gasteiger partial charge is 0.487 e. The van der Waals surface area contributed by atoms with Crippen LogP contribution in [0.15, 0.2) is 36.5 Å². The number of alkyl halides is 3. The third-order valence-corrected chi connectivity index (χ3v) is 3.92. The molecule has 0 bridgehead atoms. The van der Waals surface area contributed by atoms with Crippen LogP contribution in [0.5, 0.6) is 5.75 Å². The standard InChI is InChI=1S/C13H7Cl2F2IN2O2/c14-11-10(18)5-7(6-19-11)12(21)20-8-1-3-9(4-2-8)22-13(15,16)17/h1-6H,(H,20,21). The zero-order valence-corrected chi connectivity index (χ0v) is 14.3. The second kappa shape index (κ2) is 6.93. The molecule has 0 saturated carbocycles. The van der Waals surface area contributed by atoms with E-state index < -0.39 is 11.5 Å². The minimum atomic E-state index is -3.78. The van der Waals surface area contributed by atoms with E-state index >= 15 is 0 Å². The summed E-state index contributed by atoms with van der Waals surface area (Å²) in [6, 6.07) is 6.91. The molecule has 1 aromatic heterocycles. The number of halogens is 5. The first kappa shape index (κ1) is 17.2. The van der Waals surface area contributed by atoms with E-state index in [0.717, 1.165) is 0 Å². The first-order valence-electron chi connectivity index (χ1n) is 5.73. The van der Waals surface area contributed by atoms with Crippen LogP contribution in [0, 0.1) is 3.57 Å². The Balaban J connectivity index is 2.07. The van der Waals surface area contributed by atoms with Gasteiger partial charge in [-0.3, -0.25) is 4.79 Å². The van der Waals surface area contributed by atoms with E-state index in [9.17, 15) is 13.6 Å². The summed E-state index contributed by atoms with van der Waals surface area (Å²) >= 11 is 12.4. The van der Waals surface area contributed by atoms with Gasteiger partial charge in [0, 0.05) is 23.5 Å². The molecule has 0 aliphatic rings. The molecule has 0 fully saturated rings. The molecule has 1 heterocycles. The van der Waals surface area contributed by atoms with Crippen molar-refractivity contribution >= 4 is 57.4 Å². The second-order valence-corrected chi connectivity index (χ2v) is 5.98. The van der Waals surface area contributed by atoms with Gasteiger partial charge in [-0.25, -0.2) is 4.98 Å². The van der Waals surface area contributed by atoms with Crippen molar-refractivity contribution in [2.24, 2.45) is 0 Å². The number of hydrogen-bond donors (Lipinski definition) is 1. The quantitative estimate of drug-likeness (QED) is 0.408. The van der Waals surface area contributed by atoms with E-state index in [1.54, 1.807) is 6.07 Å². The summed E-state index contributed by atoms with van der Waals surface area (Å²) in [7, 11) is 0. The third-order valence-electron chi connectivity index (χ3n) is 2.40. The van der Waals surface area contributed by atoms with E-state index in [1.807, 2.05) is 22.6 Å². The number of nitrogens with one attached hydrogen (secondary N) is 1. The molecule has 0 atom stereocenters. The maximum atomic E-state index is 12.5. The van der Waals surface area contributed by atoms with Crippen LogP contribution in [0.2, 0.25) is 5.15 Å². The average Bonchev–Trinajstić information content (AvgIpc) is 2.42. The molecule has 1 N–H and O–H groups in total. The van der Waals surface area contributed by atoms with Crippen molar-refractivity contribution in [3.8, 4) is 5.75 Å². The number of rotatable bonds is 4. The fourth-order valence-corrected chi connectivity index (χ4v) is 2.16. The van der Waals surface area contributed by atoms with Gasteiger partial charge in [0.05, 0.1) is 9.13 Å². The summed E-state index contributed by atoms with van der Waals surface area (Å²) in [6.07, 6.45) is 1.34. The SMILES string of the molecule is O=C(Nc1ccc(OC(F)(F)Cl)cc1)c1cnc(Cl)c(I)c1. The Morgan fingerprint density at radius 1 is 1.32 bits per heavy atom. The van der Waals surface area contributed by atoms with Crippen LogP contribution in [0.3, 0.4) is 0 Å². The number of hydrogen-bond acceptors (Lipinski definition) is 3. The molecule has 0 unspecified atom stereocenters. The lowest BCUT2D eigenvalue weighted by atomic mass is 10.2. The second-order valence-electron chi connectivity index (χ2n) is 4.02. The maximum Gasteiger partial charge on any atom is 0.487 e. The van der Waals surface area contributed by atoms with Crippen molar-refractivity contribution in [3.05, 3.63) is 50.8 Å². The Hall–Kier alpha value is -1.19. The van der Waals surface area contributed by atoms with Crippen LogP contribution in [-0.4, -0.2) is 16.5 Å². The number of anilines is 1. The highest BCUT2D eigenvalue weighted by Gasteiger charge is 2.27. The van der Waals surface area contributed by atoms with Gasteiger partial charge in [-0.05, 0) is 52.9 Å². The van der Waals surface area contributed by atoms with Crippen LogP contribution in [0.25, 0.3) is 0 Å². The summed E-state index contributed by atoms with van der Waals surface area (Å²) < 4.78 is 29.7. The van der Waals surface area contributed by atoms with Crippen molar-refractivity contribution in [3.63, 3.8) is 0 Å². The molecule has 22 heavy (non-hydrogen) atoms. The molecule has 0 radical (unpaired) electrons. The van der Waals surface area contributed by atoms with E-state index in [-0.39, 0.29) is 5.75 Å². The number of nitrogens with zero attached hydrogens (tertiary/aromatic N) is 1. The van der Waals surface area contributed by atoms with Gasteiger partial charge in [0.25, 0.3) is 5.91 Å². The van der Waals surface area contributed by atoms with Crippen LogP contribution < -0.4 is 10.1 Å². The molecule has 1 aromatic carbocycles. The van der Waals surface area contributed by atoms with Crippen molar-refractivity contribution in [2.75, 3.05) is 5.32 Å². The van der Waals surface area contributed by atoms with E-state index in [0.29, 0.717) is 20.0 Å². The van der Waals surface area contributed by atoms with Crippen molar-refractivity contribution in [2.45, 2.75) is 5.57 Å². The highest BCUT2D eigenvalue weighted by molar-refractivity contribution is 14.1. The molecule has 2 rings (SSSR count). The highest BCUT2D eigenvalue weighted by Crippen LogP contribution is 2.26. The summed E-state index contributed by atoms with van der Waals surface area (Å²) in [6.45, 7) is 0. The lowest BCUT2D eigenvalue weighted by Crippen LogP contribution is -2.16. The normalized spacial score (nSPS) is 11.1. The minimum Gasteiger partial charge on any atom is -0.420 e. The Bertz CT molecular complexity index is 693. The van der Waals surface area contributed by atoms with Gasteiger partial charge in [-0.2, -0.15) is 0 Å². The number of ether oxygens (including phenoxy) is 1. The number of aromatic nitrogens is 1. The molecular weight excluding hydrogens is 452 g/mol. The molecule has 0 aliphatic carbocycles. The molecule has 0 aliphatic heterocycles. The maximum absolute atomic E-state index is 12.5. The van der Waals surface area contributed by atoms with Gasteiger partial charge >= 0.3 is 5.57 Å². The zero-order chi connectivity index (χ0) is 16.3. The van der Waals surface area contributed by atoms with Crippen LogP contribution in [0.1, 0.15) is 10.4 Å². The highest BCUT2D eigenvalue weighted by atomic mass is 127. The smallest absolute Gasteiger partial charge is 0.420 e. The van der Waals surface area contributed by atoms with Crippen LogP contribution >= 0.6 is 45.8 Å². The van der Waals surface area contributed by atoms with Gasteiger partial charge in [0.15, 0.2) is 0 Å². The molecule has 0 spiro atoms.